The number of hydrogen-bond acceptors (Lipinski definition) is 6. The predicted molar refractivity (Wildman–Crippen MR) is 138 cm³/mol. The molecule has 1 amide bonds. The van der Waals surface area contributed by atoms with Crippen LogP contribution in [0.2, 0.25) is 0 Å². The number of nitrogens with zero attached hydrogens (tertiary/aromatic N) is 3. The molecule has 0 unspecified atom stereocenters. The van der Waals surface area contributed by atoms with Gasteiger partial charge in [-0.2, -0.15) is 0 Å². The van der Waals surface area contributed by atoms with Gasteiger partial charge in [0, 0.05) is 24.0 Å². The number of anilines is 2. The number of amides is 1. The number of H-pyrrole nitrogens is 1. The Balaban J connectivity index is 1.91. The van der Waals surface area contributed by atoms with Gasteiger partial charge in [-0.3, -0.25) is 19.1 Å². The van der Waals surface area contributed by atoms with E-state index in [2.05, 4.69) is 29.0 Å². The fourth-order valence-corrected chi connectivity index (χ4v) is 4.54. The van der Waals surface area contributed by atoms with Gasteiger partial charge >= 0.3 is 5.69 Å². The summed E-state index contributed by atoms with van der Waals surface area (Å²) in [7, 11) is 0. The summed E-state index contributed by atoms with van der Waals surface area (Å²) in [5.41, 5.74) is 7.98. The van der Waals surface area contributed by atoms with E-state index in [-0.39, 0.29) is 29.8 Å². The molecule has 8 nitrogen and oxygen atoms in total. The maximum atomic E-state index is 13.4. The zero-order valence-corrected chi connectivity index (χ0v) is 21.1. The zero-order valence-electron chi connectivity index (χ0n) is 20.3. The lowest BCUT2D eigenvalue weighted by atomic mass is 10.1. The summed E-state index contributed by atoms with van der Waals surface area (Å²) >= 11 is 1.48. The Labute approximate surface area is 203 Å². The first kappa shape index (κ1) is 25.4. The van der Waals surface area contributed by atoms with Gasteiger partial charge in [0.1, 0.15) is 10.8 Å². The van der Waals surface area contributed by atoms with Crippen molar-refractivity contribution in [3.63, 3.8) is 0 Å². The van der Waals surface area contributed by atoms with Gasteiger partial charge < -0.3 is 10.6 Å². The van der Waals surface area contributed by atoms with Gasteiger partial charge in [0.05, 0.1) is 12.1 Å². The van der Waals surface area contributed by atoms with E-state index in [1.54, 1.807) is 0 Å². The molecule has 3 rings (SSSR count). The fourth-order valence-electron chi connectivity index (χ4n) is 3.72. The lowest BCUT2D eigenvalue weighted by molar-refractivity contribution is -0.118. The Morgan fingerprint density at radius 3 is 2.53 bits per heavy atom. The third-order valence-corrected chi connectivity index (χ3v) is 6.50. The molecule has 0 bridgehead atoms. The van der Waals surface area contributed by atoms with Crippen molar-refractivity contribution < 1.29 is 4.79 Å². The molecular weight excluding hydrogens is 450 g/mol. The summed E-state index contributed by atoms with van der Waals surface area (Å²) in [6.45, 7) is 8.69. The largest absolute Gasteiger partial charge is 0.383 e. The fraction of sp³-hybridized carbons (Fsp3) is 0.440. The summed E-state index contributed by atoms with van der Waals surface area (Å²) in [4.78, 5) is 46.8. The summed E-state index contributed by atoms with van der Waals surface area (Å²) in [6, 6.07) is 8.23. The second-order valence-electron chi connectivity index (χ2n) is 8.77. The van der Waals surface area contributed by atoms with Crippen LogP contribution in [0.1, 0.15) is 51.8 Å². The lowest BCUT2D eigenvalue weighted by Gasteiger charge is -2.24. The highest BCUT2D eigenvalue weighted by molar-refractivity contribution is 7.13. The molecule has 3 aromatic rings. The van der Waals surface area contributed by atoms with E-state index in [0.29, 0.717) is 25.2 Å². The summed E-state index contributed by atoms with van der Waals surface area (Å²) in [5, 5.41) is 2.71. The zero-order chi connectivity index (χ0) is 24.8. The second-order valence-corrected chi connectivity index (χ2v) is 9.63. The second kappa shape index (κ2) is 11.3. The quantitative estimate of drug-likeness (QED) is 0.455. The highest BCUT2D eigenvalue weighted by Gasteiger charge is 2.25. The maximum Gasteiger partial charge on any atom is 0.330 e. The normalized spacial score (nSPS) is 11.2. The average molecular weight is 484 g/mol. The Morgan fingerprint density at radius 2 is 1.91 bits per heavy atom. The molecule has 0 aliphatic carbocycles. The molecule has 2 heterocycles. The van der Waals surface area contributed by atoms with Crippen LogP contribution in [0.15, 0.2) is 39.2 Å². The monoisotopic (exact) mass is 483 g/mol. The molecule has 9 heteroatoms. The van der Waals surface area contributed by atoms with Gasteiger partial charge in [0.2, 0.25) is 5.91 Å². The van der Waals surface area contributed by atoms with E-state index in [1.165, 1.54) is 26.4 Å². The van der Waals surface area contributed by atoms with Crippen molar-refractivity contribution in [2.24, 2.45) is 5.92 Å². The van der Waals surface area contributed by atoms with Crippen molar-refractivity contribution in [3.8, 4) is 10.6 Å². The first-order valence-electron chi connectivity index (χ1n) is 11.7. The number of aromatic amines is 1. The van der Waals surface area contributed by atoms with E-state index in [9.17, 15) is 14.4 Å². The van der Waals surface area contributed by atoms with Crippen LogP contribution in [0.3, 0.4) is 0 Å². The number of nitrogen functional groups attached to an aromatic ring is 1. The van der Waals surface area contributed by atoms with Crippen LogP contribution in [0.25, 0.3) is 10.6 Å². The number of carbonyl (C=O) groups is 1. The number of carbonyl (C=O) groups excluding carboxylic acids is 1. The molecule has 0 spiro atoms. The lowest BCUT2D eigenvalue weighted by Crippen LogP contribution is -2.42. The molecular formula is C25H33N5O3S. The molecule has 0 saturated carbocycles. The van der Waals surface area contributed by atoms with Crippen molar-refractivity contribution in [2.75, 3.05) is 17.2 Å². The van der Waals surface area contributed by atoms with Crippen LogP contribution < -0.4 is 21.9 Å². The number of benzene rings is 1. The molecule has 34 heavy (non-hydrogen) atoms. The van der Waals surface area contributed by atoms with Gasteiger partial charge in [0.25, 0.3) is 5.56 Å². The molecule has 1 aromatic carbocycles. The summed E-state index contributed by atoms with van der Waals surface area (Å²) in [5.74, 6) is -0.126. The number of aryl methyl sites for hydroxylation is 1. The Morgan fingerprint density at radius 1 is 1.21 bits per heavy atom. The van der Waals surface area contributed by atoms with E-state index in [4.69, 9.17) is 5.73 Å². The van der Waals surface area contributed by atoms with Crippen LogP contribution in [-0.4, -0.2) is 27.0 Å². The minimum atomic E-state index is -0.651. The number of unbranched alkanes of at least 4 members (excludes halogenated alkanes) is 1. The maximum absolute atomic E-state index is 13.4. The number of thiazole rings is 1. The molecule has 0 radical (unpaired) electrons. The minimum absolute atomic E-state index is 0.0156. The third kappa shape index (κ3) is 5.83. The van der Waals surface area contributed by atoms with E-state index in [1.807, 2.05) is 38.3 Å². The van der Waals surface area contributed by atoms with Crippen LogP contribution in [0.5, 0.6) is 0 Å². The number of nitrogens with two attached hydrogens (primary N) is 1. The molecule has 2 aromatic heterocycles. The topological polar surface area (TPSA) is 114 Å². The molecule has 0 saturated heterocycles. The van der Waals surface area contributed by atoms with Gasteiger partial charge in [-0.1, -0.05) is 58.4 Å². The highest BCUT2D eigenvalue weighted by atomic mass is 32.1. The summed E-state index contributed by atoms with van der Waals surface area (Å²) < 4.78 is 1.33. The Kier molecular flexibility index (Phi) is 8.44. The SMILES string of the molecule is CCCCN(C(=O)Cc1csc(-c2ccc(CC)cc2)n1)c1c(N)n(CC(C)C)c(=O)[nH]c1=O. The highest BCUT2D eigenvalue weighted by Crippen LogP contribution is 2.25. The molecule has 0 aliphatic rings. The van der Waals surface area contributed by atoms with Crippen molar-refractivity contribution in [1.82, 2.24) is 14.5 Å². The Hall–Kier alpha value is -3.20. The van der Waals surface area contributed by atoms with Crippen LogP contribution in [0, 0.1) is 5.92 Å². The number of hydrogen-bond donors (Lipinski definition) is 2. The van der Waals surface area contributed by atoms with E-state index >= 15 is 0 Å². The summed E-state index contributed by atoms with van der Waals surface area (Å²) in [6.07, 6.45) is 2.54. The van der Waals surface area contributed by atoms with Crippen LogP contribution in [0.4, 0.5) is 11.5 Å². The smallest absolute Gasteiger partial charge is 0.330 e. The molecule has 0 aliphatic heterocycles. The van der Waals surface area contributed by atoms with Gasteiger partial charge in [-0.15, -0.1) is 11.3 Å². The van der Waals surface area contributed by atoms with E-state index in [0.717, 1.165) is 23.4 Å². The van der Waals surface area contributed by atoms with Crippen LogP contribution in [-0.2, 0) is 24.2 Å². The molecule has 0 fully saturated rings. The third-order valence-electron chi connectivity index (χ3n) is 5.56. The first-order chi connectivity index (χ1) is 16.2. The van der Waals surface area contributed by atoms with Crippen molar-refractivity contribution in [2.45, 2.75) is 59.9 Å². The van der Waals surface area contributed by atoms with Crippen LogP contribution >= 0.6 is 11.3 Å². The average Bonchev–Trinajstić information content (AvgIpc) is 3.27. The Bertz CT molecular complexity index is 1240. The van der Waals surface area contributed by atoms with Crippen molar-refractivity contribution in [1.29, 1.82) is 0 Å². The first-order valence-corrected chi connectivity index (χ1v) is 12.6. The van der Waals surface area contributed by atoms with Crippen molar-refractivity contribution >= 4 is 28.7 Å². The molecule has 0 atom stereocenters. The van der Waals surface area contributed by atoms with Crippen molar-refractivity contribution in [3.05, 3.63) is 61.7 Å². The van der Waals surface area contributed by atoms with Gasteiger partial charge in [-0.05, 0) is 24.3 Å². The number of rotatable bonds is 10. The molecule has 182 valence electrons. The predicted octanol–water partition coefficient (Wildman–Crippen LogP) is 3.84. The minimum Gasteiger partial charge on any atom is -0.383 e. The standard InChI is InChI=1S/C25H33N5O3S/c1-5-7-12-29(21-22(26)30(14-16(3)4)25(33)28-23(21)32)20(31)13-19-15-34-24(27-19)18-10-8-17(6-2)9-11-18/h8-11,15-16H,5-7,12-14,26H2,1-4H3,(H,28,32,33). The van der Waals surface area contributed by atoms with Gasteiger partial charge in [0.15, 0.2) is 5.69 Å². The van der Waals surface area contributed by atoms with E-state index < -0.39 is 11.2 Å². The van der Waals surface area contributed by atoms with Gasteiger partial charge in [-0.25, -0.2) is 9.78 Å². The molecule has 3 N–H and O–H groups in total. The number of aromatic nitrogens is 3. The number of nitrogens with one attached hydrogen (secondary N) is 1.